The molecule has 0 radical (unpaired) electrons. The predicted octanol–water partition coefficient (Wildman–Crippen LogP) is 4.62. The van der Waals surface area contributed by atoms with Crippen LogP contribution in [0.5, 0.6) is 0 Å². The molecule has 1 aromatic carbocycles. The molecule has 0 aliphatic carbocycles. The minimum atomic E-state index is -0.307. The molecule has 0 unspecified atom stereocenters. The highest BCUT2D eigenvalue weighted by molar-refractivity contribution is 5.94. The molecule has 0 spiro atoms. The van der Waals surface area contributed by atoms with Gasteiger partial charge < -0.3 is 28.4 Å². The number of hydrogen-bond donors (Lipinski definition) is 0. The zero-order valence-electron chi connectivity index (χ0n) is 21.5. The van der Waals surface area contributed by atoms with Crippen LogP contribution in [0.15, 0.2) is 49.2 Å². The van der Waals surface area contributed by atoms with Crippen LogP contribution in [0.3, 0.4) is 0 Å². The number of ether oxygens (including phenoxy) is 3. The molecule has 2 fully saturated rings. The van der Waals surface area contributed by atoms with E-state index in [-0.39, 0.29) is 12.1 Å². The Morgan fingerprint density at radius 2 is 1.58 bits per heavy atom. The second-order valence-corrected chi connectivity index (χ2v) is 9.70. The first-order chi connectivity index (χ1) is 17.4. The molecule has 0 saturated carbocycles. The van der Waals surface area contributed by atoms with Gasteiger partial charge in [0.15, 0.2) is 0 Å². The molecule has 3 aromatic rings. The first-order valence-corrected chi connectivity index (χ1v) is 12.7. The summed E-state index contributed by atoms with van der Waals surface area (Å²) in [4.78, 5) is 17.6. The molecule has 190 valence electrons. The Morgan fingerprint density at radius 3 is 2.22 bits per heavy atom. The summed E-state index contributed by atoms with van der Waals surface area (Å²) >= 11 is 0. The molecule has 5 rings (SSSR count). The van der Waals surface area contributed by atoms with Crippen molar-refractivity contribution in [2.24, 2.45) is 0 Å². The van der Waals surface area contributed by atoms with E-state index >= 15 is 0 Å². The lowest BCUT2D eigenvalue weighted by molar-refractivity contribution is 0.0376. The quantitative estimate of drug-likeness (QED) is 0.471. The maximum Gasteiger partial charge on any atom is 0.338 e. The van der Waals surface area contributed by atoms with Crippen molar-refractivity contribution in [2.75, 3.05) is 57.5 Å². The average Bonchev–Trinajstić information content (AvgIpc) is 3.32. The van der Waals surface area contributed by atoms with Gasteiger partial charge in [0.2, 0.25) is 0 Å². The lowest BCUT2D eigenvalue weighted by Crippen LogP contribution is -2.36. The fraction of sp³-hybridized carbons (Fsp3) is 0.414. The van der Waals surface area contributed by atoms with Crippen LogP contribution in [0.1, 0.15) is 35.5 Å². The number of anilines is 1. The molecule has 7 nitrogen and oxygen atoms in total. The fourth-order valence-electron chi connectivity index (χ4n) is 5.02. The van der Waals surface area contributed by atoms with Gasteiger partial charge in [-0.3, -0.25) is 0 Å². The Bertz CT molecular complexity index is 1250. The van der Waals surface area contributed by atoms with Gasteiger partial charge >= 0.3 is 5.97 Å². The predicted molar refractivity (Wildman–Crippen MR) is 143 cm³/mol. The maximum atomic E-state index is 13.0. The van der Waals surface area contributed by atoms with Gasteiger partial charge in [-0.15, -0.1) is 0 Å². The molecule has 0 amide bonds. The number of rotatable bonds is 6. The van der Waals surface area contributed by atoms with Crippen LogP contribution in [-0.2, 0) is 14.2 Å². The van der Waals surface area contributed by atoms with Crippen LogP contribution in [-0.4, -0.2) is 74.0 Å². The Hall–Kier alpha value is -3.29. The van der Waals surface area contributed by atoms with Crippen molar-refractivity contribution < 1.29 is 19.0 Å². The summed E-state index contributed by atoms with van der Waals surface area (Å²) in [5, 5.41) is 0. The number of hydrogen-bond acceptors (Lipinski definition) is 6. The van der Waals surface area contributed by atoms with Gasteiger partial charge in [0.05, 0.1) is 49.5 Å². The van der Waals surface area contributed by atoms with E-state index in [4.69, 9.17) is 14.2 Å². The highest BCUT2D eigenvalue weighted by atomic mass is 16.5. The molecule has 7 heteroatoms. The van der Waals surface area contributed by atoms with E-state index in [1.54, 1.807) is 0 Å². The highest BCUT2D eigenvalue weighted by Crippen LogP contribution is 2.32. The number of morpholine rings is 2. The van der Waals surface area contributed by atoms with E-state index in [0.717, 1.165) is 73.0 Å². The van der Waals surface area contributed by atoms with Crippen molar-refractivity contribution in [1.29, 1.82) is 0 Å². The summed E-state index contributed by atoms with van der Waals surface area (Å²) in [6.07, 6.45) is 1.95. The van der Waals surface area contributed by atoms with Crippen LogP contribution < -0.4 is 4.90 Å². The summed E-state index contributed by atoms with van der Waals surface area (Å²) in [5.74, 6) is -0.307. The summed E-state index contributed by atoms with van der Waals surface area (Å²) < 4.78 is 18.8. The van der Waals surface area contributed by atoms with E-state index in [9.17, 15) is 4.79 Å². The van der Waals surface area contributed by atoms with Crippen LogP contribution in [0, 0.1) is 6.92 Å². The molecule has 4 heterocycles. The minimum absolute atomic E-state index is 0.189. The van der Waals surface area contributed by atoms with Crippen molar-refractivity contribution in [3.05, 3.63) is 66.0 Å². The molecule has 2 aliphatic rings. The number of esters is 1. The van der Waals surface area contributed by atoms with Crippen LogP contribution >= 0.6 is 0 Å². The monoisotopic (exact) mass is 489 g/mol. The topological polar surface area (TPSA) is 55.6 Å². The highest BCUT2D eigenvalue weighted by Gasteiger charge is 2.23. The Labute approximate surface area is 212 Å². The van der Waals surface area contributed by atoms with Gasteiger partial charge in [-0.25, -0.2) is 4.79 Å². The zero-order valence-corrected chi connectivity index (χ0v) is 21.5. The van der Waals surface area contributed by atoms with Crippen LogP contribution in [0.2, 0.25) is 0 Å². The number of pyridine rings is 1. The number of carbonyl (C=O) groups excluding carboxylic acids is 1. The summed E-state index contributed by atoms with van der Waals surface area (Å²) in [6, 6.07) is 12.7. The molecule has 2 saturated heterocycles. The van der Waals surface area contributed by atoms with Crippen LogP contribution in [0.25, 0.3) is 22.3 Å². The van der Waals surface area contributed by atoms with Gasteiger partial charge in [-0.1, -0.05) is 18.7 Å². The van der Waals surface area contributed by atoms with Crippen molar-refractivity contribution in [2.45, 2.75) is 26.9 Å². The molecule has 2 aliphatic heterocycles. The summed E-state index contributed by atoms with van der Waals surface area (Å²) in [6.45, 7) is 16.4. The normalized spacial score (nSPS) is 16.6. The molecular weight excluding hydrogens is 454 g/mol. The SMILES string of the molecule is C=C(c1c(C)c(C(=O)OC(C)C)cc2cc(-c3ccc(N4CCOCC4)cc3)cn12)N1CCOCC1. The third-order valence-corrected chi connectivity index (χ3v) is 6.95. The van der Waals surface area contributed by atoms with Crippen molar-refractivity contribution >= 4 is 22.9 Å². The van der Waals surface area contributed by atoms with Crippen molar-refractivity contribution in [1.82, 2.24) is 9.30 Å². The number of fused-ring (bicyclic) bond motifs is 1. The Kier molecular flexibility index (Phi) is 7.03. The first kappa shape index (κ1) is 24.4. The number of nitrogens with zero attached hydrogens (tertiary/aromatic N) is 3. The maximum absolute atomic E-state index is 13.0. The van der Waals surface area contributed by atoms with E-state index in [0.29, 0.717) is 18.8 Å². The fourth-order valence-corrected chi connectivity index (χ4v) is 5.02. The van der Waals surface area contributed by atoms with Gasteiger partial charge in [0.1, 0.15) is 0 Å². The van der Waals surface area contributed by atoms with E-state index in [1.165, 1.54) is 5.69 Å². The van der Waals surface area contributed by atoms with Gasteiger partial charge in [0, 0.05) is 49.1 Å². The average molecular weight is 490 g/mol. The first-order valence-electron chi connectivity index (χ1n) is 12.7. The lowest BCUT2D eigenvalue weighted by atomic mass is 10.0. The lowest BCUT2D eigenvalue weighted by Gasteiger charge is -2.31. The molecule has 2 aromatic heterocycles. The molecule has 36 heavy (non-hydrogen) atoms. The molecule has 0 atom stereocenters. The van der Waals surface area contributed by atoms with Crippen molar-refractivity contribution in [3.8, 4) is 11.1 Å². The summed E-state index contributed by atoms with van der Waals surface area (Å²) in [5.41, 5.74) is 7.64. The number of carbonyl (C=O) groups is 1. The van der Waals surface area contributed by atoms with E-state index in [2.05, 4.69) is 57.3 Å². The number of benzene rings is 1. The molecular formula is C29H35N3O4. The van der Waals surface area contributed by atoms with E-state index < -0.39 is 0 Å². The third kappa shape index (κ3) is 4.86. The second kappa shape index (κ2) is 10.4. The van der Waals surface area contributed by atoms with Crippen LogP contribution in [0.4, 0.5) is 5.69 Å². The third-order valence-electron chi connectivity index (χ3n) is 6.95. The Balaban J connectivity index is 1.56. The molecule has 0 N–H and O–H groups in total. The minimum Gasteiger partial charge on any atom is -0.459 e. The van der Waals surface area contributed by atoms with Gasteiger partial charge in [-0.05, 0) is 56.2 Å². The Morgan fingerprint density at radius 1 is 0.944 bits per heavy atom. The number of aromatic nitrogens is 1. The van der Waals surface area contributed by atoms with E-state index in [1.807, 2.05) is 26.8 Å². The smallest absolute Gasteiger partial charge is 0.338 e. The zero-order chi connectivity index (χ0) is 25.2. The van der Waals surface area contributed by atoms with Crippen molar-refractivity contribution in [3.63, 3.8) is 0 Å². The van der Waals surface area contributed by atoms with Gasteiger partial charge in [0.25, 0.3) is 0 Å². The molecule has 0 bridgehead atoms. The second-order valence-electron chi connectivity index (χ2n) is 9.70. The summed E-state index contributed by atoms with van der Waals surface area (Å²) in [7, 11) is 0. The van der Waals surface area contributed by atoms with Gasteiger partial charge in [-0.2, -0.15) is 0 Å². The standard InChI is InChI=1S/C29H35N3O4/c1-20(2)36-29(33)27-18-26-17-24(23-5-7-25(8-6-23)31-11-15-35-16-12-31)19-32(26)28(21(27)3)22(4)30-9-13-34-14-10-30/h5-8,17-20H,4,9-16H2,1-3H3. The largest absolute Gasteiger partial charge is 0.459 e.